The Labute approximate surface area is 144 Å². The van der Waals surface area contributed by atoms with Gasteiger partial charge in [-0.2, -0.15) is 0 Å². The summed E-state index contributed by atoms with van der Waals surface area (Å²) in [6.07, 6.45) is 4.30. The summed E-state index contributed by atoms with van der Waals surface area (Å²) in [5, 5.41) is 14.7. The Hall–Kier alpha value is -3.15. The second kappa shape index (κ2) is 6.05. The summed E-state index contributed by atoms with van der Waals surface area (Å²) < 4.78 is 0. The monoisotopic (exact) mass is 335 g/mol. The fraction of sp³-hybridized carbons (Fsp3) is 0.211. The summed E-state index contributed by atoms with van der Waals surface area (Å²) in [7, 11) is 0. The van der Waals surface area contributed by atoms with E-state index in [-0.39, 0.29) is 11.6 Å². The predicted octanol–water partition coefficient (Wildman–Crippen LogP) is 4.21. The number of nitro groups is 1. The molecule has 126 valence electrons. The maximum atomic E-state index is 12.6. The van der Waals surface area contributed by atoms with Crippen LogP contribution in [0.1, 0.15) is 34.5 Å². The van der Waals surface area contributed by atoms with Crippen LogP contribution in [0.3, 0.4) is 0 Å². The molecule has 2 N–H and O–H groups in total. The number of benzene rings is 2. The number of para-hydroxylation sites is 1. The Morgan fingerprint density at radius 3 is 2.76 bits per heavy atom. The molecule has 6 heteroatoms. The second-order valence-corrected chi connectivity index (χ2v) is 6.29. The maximum absolute atomic E-state index is 12.6. The molecule has 0 aliphatic heterocycles. The van der Waals surface area contributed by atoms with E-state index in [9.17, 15) is 14.9 Å². The molecule has 0 unspecified atom stereocenters. The number of aromatic nitrogens is 1. The first-order valence-corrected chi connectivity index (χ1v) is 8.32. The molecule has 1 aromatic heterocycles. The lowest BCUT2D eigenvalue weighted by molar-refractivity contribution is -0.383. The largest absolute Gasteiger partial charge is 0.345 e. The highest BCUT2D eigenvalue weighted by atomic mass is 16.6. The van der Waals surface area contributed by atoms with Gasteiger partial charge in [-0.05, 0) is 48.9 Å². The average Bonchev–Trinajstić information content (AvgIpc) is 3.06. The van der Waals surface area contributed by atoms with Crippen molar-refractivity contribution in [1.29, 1.82) is 0 Å². The third-order valence-electron chi connectivity index (χ3n) is 4.72. The average molecular weight is 335 g/mol. The highest BCUT2D eigenvalue weighted by molar-refractivity contribution is 6.07. The summed E-state index contributed by atoms with van der Waals surface area (Å²) >= 11 is 0. The number of aromatic amines is 1. The summed E-state index contributed by atoms with van der Waals surface area (Å²) in [4.78, 5) is 26.2. The van der Waals surface area contributed by atoms with Crippen LogP contribution < -0.4 is 5.32 Å². The van der Waals surface area contributed by atoms with Crippen LogP contribution in [-0.4, -0.2) is 15.8 Å². The van der Waals surface area contributed by atoms with Gasteiger partial charge in [0.2, 0.25) is 0 Å². The van der Waals surface area contributed by atoms with Gasteiger partial charge < -0.3 is 10.3 Å². The van der Waals surface area contributed by atoms with Gasteiger partial charge in [-0.3, -0.25) is 14.9 Å². The number of hydrogen-bond acceptors (Lipinski definition) is 3. The highest BCUT2D eigenvalue weighted by Gasteiger charge is 2.19. The fourth-order valence-corrected chi connectivity index (χ4v) is 3.50. The van der Waals surface area contributed by atoms with Crippen LogP contribution in [0.2, 0.25) is 0 Å². The molecule has 1 amide bonds. The third-order valence-corrected chi connectivity index (χ3v) is 4.72. The molecular formula is C19H17N3O3. The molecule has 0 fully saturated rings. The number of non-ortho nitro benzene ring substituents is 1. The Morgan fingerprint density at radius 2 is 1.92 bits per heavy atom. The maximum Gasteiger partial charge on any atom is 0.293 e. The first kappa shape index (κ1) is 15.4. The van der Waals surface area contributed by atoms with E-state index in [0.29, 0.717) is 16.6 Å². The Kier molecular flexibility index (Phi) is 3.72. The molecule has 0 spiro atoms. The van der Waals surface area contributed by atoms with Crippen LogP contribution in [0.15, 0.2) is 42.5 Å². The lowest BCUT2D eigenvalue weighted by atomic mass is 9.90. The molecule has 1 aliphatic carbocycles. The SMILES string of the molecule is O=C(Nc1cccc2c1CCCC2)c1cc2cccc([N+](=O)[O-])c2[nH]1. The van der Waals surface area contributed by atoms with Gasteiger partial charge in [0.1, 0.15) is 11.2 Å². The Balaban J connectivity index is 1.67. The zero-order chi connectivity index (χ0) is 17.4. The van der Waals surface area contributed by atoms with E-state index in [0.717, 1.165) is 24.9 Å². The van der Waals surface area contributed by atoms with Crippen molar-refractivity contribution in [3.8, 4) is 0 Å². The third kappa shape index (κ3) is 2.76. The molecule has 0 atom stereocenters. The van der Waals surface area contributed by atoms with Gasteiger partial charge in [-0.15, -0.1) is 0 Å². The normalized spacial score (nSPS) is 13.4. The molecule has 4 rings (SSSR count). The fourth-order valence-electron chi connectivity index (χ4n) is 3.50. The molecule has 2 aromatic carbocycles. The minimum atomic E-state index is -0.450. The van der Waals surface area contributed by atoms with Crippen LogP contribution in [-0.2, 0) is 12.8 Å². The minimum Gasteiger partial charge on any atom is -0.345 e. The van der Waals surface area contributed by atoms with Gasteiger partial charge in [-0.1, -0.05) is 24.3 Å². The summed E-state index contributed by atoms with van der Waals surface area (Å²) in [5.41, 5.74) is 3.97. The van der Waals surface area contributed by atoms with Crippen molar-refractivity contribution in [2.45, 2.75) is 25.7 Å². The van der Waals surface area contributed by atoms with E-state index < -0.39 is 4.92 Å². The van der Waals surface area contributed by atoms with E-state index in [1.807, 2.05) is 12.1 Å². The first-order valence-electron chi connectivity index (χ1n) is 8.32. The van der Waals surface area contributed by atoms with E-state index in [1.54, 1.807) is 18.2 Å². The lowest BCUT2D eigenvalue weighted by Crippen LogP contribution is -2.15. The Bertz CT molecular complexity index is 991. The van der Waals surface area contributed by atoms with Crippen molar-refractivity contribution in [2.75, 3.05) is 5.32 Å². The number of nitro benzene ring substituents is 1. The molecule has 25 heavy (non-hydrogen) atoms. The van der Waals surface area contributed by atoms with Gasteiger partial charge in [0, 0.05) is 17.1 Å². The molecule has 0 saturated heterocycles. The van der Waals surface area contributed by atoms with Crippen molar-refractivity contribution < 1.29 is 9.72 Å². The van der Waals surface area contributed by atoms with E-state index in [4.69, 9.17) is 0 Å². The van der Waals surface area contributed by atoms with E-state index in [2.05, 4.69) is 16.4 Å². The smallest absolute Gasteiger partial charge is 0.293 e. The quantitative estimate of drug-likeness (QED) is 0.555. The molecule has 6 nitrogen and oxygen atoms in total. The zero-order valence-corrected chi connectivity index (χ0v) is 13.5. The number of aryl methyl sites for hydroxylation is 1. The molecule has 1 aliphatic rings. The number of amides is 1. The van der Waals surface area contributed by atoms with Crippen LogP contribution in [0.5, 0.6) is 0 Å². The van der Waals surface area contributed by atoms with Crippen molar-refractivity contribution in [2.24, 2.45) is 0 Å². The predicted molar refractivity (Wildman–Crippen MR) is 96.0 cm³/mol. The molecule has 0 saturated carbocycles. The number of nitrogens with zero attached hydrogens (tertiary/aromatic N) is 1. The first-order chi connectivity index (χ1) is 12.1. The second-order valence-electron chi connectivity index (χ2n) is 6.29. The van der Waals surface area contributed by atoms with Crippen LogP contribution in [0.25, 0.3) is 10.9 Å². The Morgan fingerprint density at radius 1 is 1.12 bits per heavy atom. The van der Waals surface area contributed by atoms with Crippen LogP contribution >= 0.6 is 0 Å². The zero-order valence-electron chi connectivity index (χ0n) is 13.5. The number of hydrogen-bond donors (Lipinski definition) is 2. The molecule has 3 aromatic rings. The summed E-state index contributed by atoms with van der Waals surface area (Å²) in [6.45, 7) is 0. The van der Waals surface area contributed by atoms with Crippen molar-refractivity contribution in [3.05, 3.63) is 69.4 Å². The van der Waals surface area contributed by atoms with Gasteiger partial charge in [0.15, 0.2) is 0 Å². The highest BCUT2D eigenvalue weighted by Crippen LogP contribution is 2.29. The standard InChI is InChI=1S/C19H17N3O3/c23-19(21-15-9-3-6-12-5-1-2-8-14(12)15)16-11-13-7-4-10-17(22(24)25)18(13)20-16/h3-4,6-7,9-11,20H,1-2,5,8H2,(H,21,23). The van der Waals surface area contributed by atoms with Gasteiger partial charge in [0.05, 0.1) is 4.92 Å². The van der Waals surface area contributed by atoms with Gasteiger partial charge >= 0.3 is 0 Å². The topological polar surface area (TPSA) is 88.0 Å². The number of rotatable bonds is 3. The lowest BCUT2D eigenvalue weighted by Gasteiger charge is -2.19. The molecule has 0 bridgehead atoms. The van der Waals surface area contributed by atoms with Gasteiger partial charge in [-0.25, -0.2) is 0 Å². The van der Waals surface area contributed by atoms with Crippen LogP contribution in [0.4, 0.5) is 11.4 Å². The summed E-state index contributed by atoms with van der Waals surface area (Å²) in [5.74, 6) is -0.288. The number of nitrogens with one attached hydrogen (secondary N) is 2. The minimum absolute atomic E-state index is 0.0337. The molecule has 1 heterocycles. The number of anilines is 1. The molecule has 0 radical (unpaired) electrons. The number of carbonyl (C=O) groups is 1. The number of carbonyl (C=O) groups excluding carboxylic acids is 1. The van der Waals surface area contributed by atoms with Crippen molar-refractivity contribution in [3.63, 3.8) is 0 Å². The van der Waals surface area contributed by atoms with Crippen molar-refractivity contribution >= 4 is 28.2 Å². The number of fused-ring (bicyclic) bond motifs is 2. The molecular weight excluding hydrogens is 318 g/mol. The van der Waals surface area contributed by atoms with E-state index in [1.165, 1.54) is 23.6 Å². The van der Waals surface area contributed by atoms with Gasteiger partial charge in [0.25, 0.3) is 11.6 Å². The van der Waals surface area contributed by atoms with Crippen LogP contribution in [0, 0.1) is 10.1 Å². The van der Waals surface area contributed by atoms with E-state index >= 15 is 0 Å². The summed E-state index contributed by atoms with van der Waals surface area (Å²) in [6, 6.07) is 12.4. The number of H-pyrrole nitrogens is 1. The van der Waals surface area contributed by atoms with Crippen molar-refractivity contribution in [1.82, 2.24) is 4.98 Å².